The van der Waals surface area contributed by atoms with Crippen molar-refractivity contribution in [1.82, 2.24) is 9.55 Å². The van der Waals surface area contributed by atoms with E-state index >= 15 is 0 Å². The molecule has 0 bridgehead atoms. The van der Waals surface area contributed by atoms with Crippen molar-refractivity contribution in [2.24, 2.45) is 0 Å². The highest BCUT2D eigenvalue weighted by atomic mass is 16.1. The number of hydrogen-bond donors (Lipinski definition) is 2. The molecule has 0 aliphatic rings. The fraction of sp³-hybridized carbons (Fsp3) is 0.333. The molecule has 106 valence electrons. The molecule has 0 saturated carbocycles. The lowest BCUT2D eigenvalue weighted by atomic mass is 10.2. The summed E-state index contributed by atoms with van der Waals surface area (Å²) < 4.78 is 2.09. The summed E-state index contributed by atoms with van der Waals surface area (Å²) in [6.45, 7) is 5.54. The summed E-state index contributed by atoms with van der Waals surface area (Å²) in [5.74, 6) is 0.0196. The van der Waals surface area contributed by atoms with E-state index in [-0.39, 0.29) is 5.91 Å². The smallest absolute Gasteiger partial charge is 0.224 e. The Balaban J connectivity index is 1.99. The molecule has 0 radical (unpaired) electrons. The van der Waals surface area contributed by atoms with Crippen LogP contribution in [0, 0.1) is 0 Å². The van der Waals surface area contributed by atoms with Crippen molar-refractivity contribution in [1.29, 1.82) is 0 Å². The normalized spacial score (nSPS) is 10.3. The van der Waals surface area contributed by atoms with Crippen molar-refractivity contribution in [2.45, 2.75) is 33.4 Å². The van der Waals surface area contributed by atoms with Gasteiger partial charge in [-0.3, -0.25) is 4.79 Å². The number of anilines is 2. The highest BCUT2D eigenvalue weighted by Crippen LogP contribution is 2.16. The van der Waals surface area contributed by atoms with Crippen LogP contribution in [0.2, 0.25) is 0 Å². The van der Waals surface area contributed by atoms with E-state index in [1.54, 1.807) is 0 Å². The molecule has 0 unspecified atom stereocenters. The van der Waals surface area contributed by atoms with Gasteiger partial charge in [0.15, 0.2) is 0 Å². The summed E-state index contributed by atoms with van der Waals surface area (Å²) in [7, 11) is 0. The zero-order valence-electron chi connectivity index (χ0n) is 11.9. The summed E-state index contributed by atoms with van der Waals surface area (Å²) in [6, 6.07) is 7.72. The number of rotatable bonds is 6. The Bertz CT molecular complexity index is 577. The molecule has 2 aromatic rings. The Morgan fingerprint density at radius 3 is 2.85 bits per heavy atom. The van der Waals surface area contributed by atoms with E-state index < -0.39 is 0 Å². The second-order valence-electron chi connectivity index (χ2n) is 4.51. The number of aromatic nitrogens is 2. The van der Waals surface area contributed by atoms with Crippen LogP contribution < -0.4 is 10.6 Å². The first-order valence-corrected chi connectivity index (χ1v) is 6.85. The first-order chi connectivity index (χ1) is 9.72. The van der Waals surface area contributed by atoms with Gasteiger partial charge in [-0.2, -0.15) is 0 Å². The molecule has 2 rings (SSSR count). The van der Waals surface area contributed by atoms with Gasteiger partial charge in [0.2, 0.25) is 5.91 Å². The lowest BCUT2D eigenvalue weighted by molar-refractivity contribution is -0.115. The van der Waals surface area contributed by atoms with Gasteiger partial charge in [-0.15, -0.1) is 0 Å². The predicted octanol–water partition coefficient (Wildman–Crippen LogP) is 2.86. The number of amides is 1. The van der Waals surface area contributed by atoms with Crippen LogP contribution in [0.25, 0.3) is 0 Å². The number of carbonyl (C=O) groups excluding carboxylic acids is 1. The summed E-state index contributed by atoms with van der Waals surface area (Å²) in [5.41, 5.74) is 2.92. The summed E-state index contributed by atoms with van der Waals surface area (Å²) in [6.07, 6.45) is 4.17. The molecular weight excluding hydrogens is 252 g/mol. The molecule has 0 fully saturated rings. The minimum absolute atomic E-state index is 0.0196. The van der Waals surface area contributed by atoms with Crippen molar-refractivity contribution in [3.8, 4) is 0 Å². The van der Waals surface area contributed by atoms with Gasteiger partial charge in [0.05, 0.1) is 18.6 Å². The van der Waals surface area contributed by atoms with E-state index in [0.29, 0.717) is 13.0 Å². The molecule has 1 amide bonds. The lowest BCUT2D eigenvalue weighted by Crippen LogP contribution is -2.10. The second-order valence-corrected chi connectivity index (χ2v) is 4.51. The van der Waals surface area contributed by atoms with Crippen LogP contribution in [0.3, 0.4) is 0 Å². The number of aryl methyl sites for hydroxylation is 1. The Hall–Kier alpha value is -2.30. The fourth-order valence-electron chi connectivity index (χ4n) is 1.93. The Kier molecular flexibility index (Phi) is 4.76. The lowest BCUT2D eigenvalue weighted by Gasteiger charge is -2.10. The third-order valence-corrected chi connectivity index (χ3v) is 3.08. The van der Waals surface area contributed by atoms with E-state index in [9.17, 15) is 4.79 Å². The largest absolute Gasteiger partial charge is 0.379 e. The molecule has 20 heavy (non-hydrogen) atoms. The van der Waals surface area contributed by atoms with Crippen LogP contribution in [-0.4, -0.2) is 15.5 Å². The van der Waals surface area contributed by atoms with Gasteiger partial charge < -0.3 is 15.2 Å². The van der Waals surface area contributed by atoms with E-state index in [0.717, 1.165) is 23.6 Å². The van der Waals surface area contributed by atoms with Crippen LogP contribution in [0.1, 0.15) is 26.0 Å². The van der Waals surface area contributed by atoms with Crippen LogP contribution in [0.4, 0.5) is 11.4 Å². The summed E-state index contributed by atoms with van der Waals surface area (Å²) >= 11 is 0. The summed E-state index contributed by atoms with van der Waals surface area (Å²) in [5, 5.41) is 6.19. The van der Waals surface area contributed by atoms with Gasteiger partial charge in [-0.25, -0.2) is 4.98 Å². The zero-order valence-corrected chi connectivity index (χ0v) is 11.9. The number of hydrogen-bond acceptors (Lipinski definition) is 3. The van der Waals surface area contributed by atoms with Crippen LogP contribution >= 0.6 is 0 Å². The Labute approximate surface area is 119 Å². The third kappa shape index (κ3) is 3.60. The first kappa shape index (κ1) is 14.1. The molecular formula is C15H20N4O. The highest BCUT2D eigenvalue weighted by Gasteiger charge is 2.02. The average molecular weight is 272 g/mol. The minimum atomic E-state index is 0.0196. The van der Waals surface area contributed by atoms with E-state index in [1.807, 2.05) is 43.7 Å². The summed E-state index contributed by atoms with van der Waals surface area (Å²) in [4.78, 5) is 15.5. The second kappa shape index (κ2) is 6.75. The number of nitrogens with zero attached hydrogens (tertiary/aromatic N) is 2. The molecule has 2 N–H and O–H groups in total. The highest BCUT2D eigenvalue weighted by molar-refractivity contribution is 5.90. The van der Waals surface area contributed by atoms with Gasteiger partial charge in [-0.05, 0) is 25.1 Å². The number of nitrogens with one attached hydrogen (secondary N) is 2. The SMILES string of the molecule is CCC(=O)Nc1cccc(NCc2cncn2CC)c1. The zero-order chi connectivity index (χ0) is 14.4. The van der Waals surface area contributed by atoms with Crippen molar-refractivity contribution in [3.63, 3.8) is 0 Å². The molecule has 1 aromatic heterocycles. The van der Waals surface area contributed by atoms with E-state index in [4.69, 9.17) is 0 Å². The van der Waals surface area contributed by atoms with Gasteiger partial charge in [0.25, 0.3) is 0 Å². The standard InChI is InChI=1S/C15H20N4O/c1-3-15(20)18-13-7-5-6-12(8-13)17-10-14-9-16-11-19(14)4-2/h5-9,11,17H,3-4,10H2,1-2H3,(H,18,20). The number of carbonyl (C=O) groups is 1. The molecule has 5 heteroatoms. The van der Waals surface area contributed by atoms with Crippen molar-refractivity contribution < 1.29 is 4.79 Å². The van der Waals surface area contributed by atoms with Gasteiger partial charge in [-0.1, -0.05) is 13.0 Å². The molecule has 5 nitrogen and oxygen atoms in total. The quantitative estimate of drug-likeness (QED) is 0.850. The van der Waals surface area contributed by atoms with E-state index in [1.165, 1.54) is 0 Å². The molecule has 1 heterocycles. The molecule has 0 aliphatic heterocycles. The van der Waals surface area contributed by atoms with E-state index in [2.05, 4.69) is 27.1 Å². The molecule has 0 saturated heterocycles. The molecule has 0 aliphatic carbocycles. The number of benzene rings is 1. The van der Waals surface area contributed by atoms with Crippen molar-refractivity contribution >= 4 is 17.3 Å². The third-order valence-electron chi connectivity index (χ3n) is 3.08. The molecule has 1 aromatic carbocycles. The topological polar surface area (TPSA) is 59.0 Å². The van der Waals surface area contributed by atoms with Gasteiger partial charge in [0.1, 0.15) is 0 Å². The first-order valence-electron chi connectivity index (χ1n) is 6.85. The van der Waals surface area contributed by atoms with Gasteiger partial charge in [0, 0.05) is 30.5 Å². The predicted molar refractivity (Wildman–Crippen MR) is 80.6 cm³/mol. The molecule has 0 spiro atoms. The number of imidazole rings is 1. The maximum Gasteiger partial charge on any atom is 0.224 e. The average Bonchev–Trinajstić information content (AvgIpc) is 2.93. The van der Waals surface area contributed by atoms with Crippen LogP contribution in [0.5, 0.6) is 0 Å². The fourth-order valence-corrected chi connectivity index (χ4v) is 1.93. The Morgan fingerprint density at radius 1 is 1.30 bits per heavy atom. The molecule has 0 atom stereocenters. The minimum Gasteiger partial charge on any atom is -0.379 e. The van der Waals surface area contributed by atoms with Crippen molar-refractivity contribution in [2.75, 3.05) is 10.6 Å². The van der Waals surface area contributed by atoms with Crippen LogP contribution in [0.15, 0.2) is 36.8 Å². The van der Waals surface area contributed by atoms with Crippen molar-refractivity contribution in [3.05, 3.63) is 42.5 Å². The van der Waals surface area contributed by atoms with Gasteiger partial charge >= 0.3 is 0 Å². The maximum atomic E-state index is 11.4. The maximum absolute atomic E-state index is 11.4. The Morgan fingerprint density at radius 2 is 2.10 bits per heavy atom. The monoisotopic (exact) mass is 272 g/mol. The van der Waals surface area contributed by atoms with Crippen LogP contribution in [-0.2, 0) is 17.9 Å².